The summed E-state index contributed by atoms with van der Waals surface area (Å²) in [5.74, 6) is 0.796. The van der Waals surface area contributed by atoms with E-state index in [1.807, 2.05) is 26.0 Å². The highest BCUT2D eigenvalue weighted by Crippen LogP contribution is 2.20. The van der Waals surface area contributed by atoms with Crippen LogP contribution in [0.2, 0.25) is 0 Å². The summed E-state index contributed by atoms with van der Waals surface area (Å²) in [5, 5.41) is 11.8. The number of carbonyl (C=O) groups excluding carboxylic acids is 1. The minimum absolute atomic E-state index is 0.0256. The number of rotatable bonds is 3. The molecule has 0 aliphatic carbocycles. The number of aromatic nitrogens is 2. The van der Waals surface area contributed by atoms with E-state index in [1.165, 1.54) is 0 Å². The van der Waals surface area contributed by atoms with Gasteiger partial charge in [-0.05, 0) is 38.8 Å². The lowest BCUT2D eigenvalue weighted by Gasteiger charge is -2.34. The number of hydrogen-bond donors (Lipinski definition) is 1. The molecule has 3 heterocycles. The first-order valence-corrected chi connectivity index (χ1v) is 7.63. The molecular formula is C15H22N4O2. The molecule has 1 aromatic heterocycles. The van der Waals surface area contributed by atoms with Crippen molar-refractivity contribution < 1.29 is 9.53 Å². The Kier molecular flexibility index (Phi) is 4.05. The number of esters is 1. The van der Waals surface area contributed by atoms with Crippen molar-refractivity contribution in [1.82, 2.24) is 15.5 Å². The van der Waals surface area contributed by atoms with Crippen molar-refractivity contribution in [2.24, 2.45) is 0 Å². The number of ether oxygens (including phenoxy) is 1. The number of cyclic esters (lactones) is 1. The third-order valence-electron chi connectivity index (χ3n) is 4.14. The molecule has 6 heteroatoms. The van der Waals surface area contributed by atoms with E-state index in [-0.39, 0.29) is 18.1 Å². The normalized spacial score (nSPS) is 29.5. The van der Waals surface area contributed by atoms with E-state index in [9.17, 15) is 4.79 Å². The number of hydrogen-bond acceptors (Lipinski definition) is 6. The van der Waals surface area contributed by atoms with Gasteiger partial charge in [-0.2, -0.15) is 5.10 Å². The molecule has 3 atom stereocenters. The van der Waals surface area contributed by atoms with Crippen molar-refractivity contribution in [3.63, 3.8) is 0 Å². The molecule has 0 bridgehead atoms. The van der Waals surface area contributed by atoms with Crippen LogP contribution < -0.4 is 10.2 Å². The van der Waals surface area contributed by atoms with Gasteiger partial charge in [0, 0.05) is 25.6 Å². The summed E-state index contributed by atoms with van der Waals surface area (Å²) in [5.41, 5.74) is 0.924. The van der Waals surface area contributed by atoms with E-state index >= 15 is 0 Å². The first-order chi connectivity index (χ1) is 10.1. The lowest BCUT2D eigenvalue weighted by atomic mass is 10.0. The number of anilines is 1. The molecule has 1 aromatic rings. The fourth-order valence-electron chi connectivity index (χ4n) is 3.06. The zero-order valence-electron chi connectivity index (χ0n) is 12.6. The minimum atomic E-state index is -0.158. The van der Waals surface area contributed by atoms with Crippen molar-refractivity contribution in [2.45, 2.75) is 51.3 Å². The van der Waals surface area contributed by atoms with Crippen LogP contribution in [-0.4, -0.2) is 47.4 Å². The fourth-order valence-corrected chi connectivity index (χ4v) is 3.06. The van der Waals surface area contributed by atoms with Gasteiger partial charge in [0.15, 0.2) is 5.82 Å². The van der Waals surface area contributed by atoms with Crippen LogP contribution in [-0.2, 0) is 9.53 Å². The van der Waals surface area contributed by atoms with Crippen LogP contribution in [0.15, 0.2) is 12.1 Å². The number of nitrogens with zero attached hydrogens (tertiary/aromatic N) is 3. The Labute approximate surface area is 124 Å². The first kappa shape index (κ1) is 14.3. The molecule has 0 saturated carbocycles. The molecule has 0 spiro atoms. The zero-order valence-corrected chi connectivity index (χ0v) is 12.6. The Bertz CT molecular complexity index is 505. The monoisotopic (exact) mass is 290 g/mol. The van der Waals surface area contributed by atoms with Crippen molar-refractivity contribution >= 4 is 11.8 Å². The SMILES string of the molecule is Cc1ccc(N2CCCC(NC3CC(C)OC3=O)C2)nn1. The molecule has 1 N–H and O–H groups in total. The molecule has 2 fully saturated rings. The average molecular weight is 290 g/mol. The second kappa shape index (κ2) is 5.97. The van der Waals surface area contributed by atoms with Gasteiger partial charge in [0.1, 0.15) is 12.1 Å². The highest BCUT2D eigenvalue weighted by molar-refractivity contribution is 5.78. The summed E-state index contributed by atoms with van der Waals surface area (Å²) >= 11 is 0. The van der Waals surface area contributed by atoms with Crippen LogP contribution in [0.4, 0.5) is 5.82 Å². The van der Waals surface area contributed by atoms with Gasteiger partial charge in [-0.25, -0.2) is 0 Å². The second-order valence-electron chi connectivity index (χ2n) is 6.02. The Balaban J connectivity index is 1.60. The lowest BCUT2D eigenvalue weighted by Crippen LogP contribution is -2.50. The van der Waals surface area contributed by atoms with E-state index in [0.29, 0.717) is 6.04 Å². The van der Waals surface area contributed by atoms with Crippen molar-refractivity contribution in [3.05, 3.63) is 17.8 Å². The van der Waals surface area contributed by atoms with Gasteiger partial charge in [0.2, 0.25) is 0 Å². The Morgan fingerprint density at radius 1 is 1.38 bits per heavy atom. The van der Waals surface area contributed by atoms with Crippen LogP contribution in [0.3, 0.4) is 0 Å². The predicted molar refractivity (Wildman–Crippen MR) is 79.1 cm³/mol. The summed E-state index contributed by atoms with van der Waals surface area (Å²) in [6.07, 6.45) is 2.95. The van der Waals surface area contributed by atoms with E-state index in [2.05, 4.69) is 20.4 Å². The largest absolute Gasteiger partial charge is 0.461 e. The summed E-state index contributed by atoms with van der Waals surface area (Å²) in [6.45, 7) is 5.72. The molecule has 0 radical (unpaired) electrons. The van der Waals surface area contributed by atoms with Crippen LogP contribution in [0, 0.1) is 6.92 Å². The summed E-state index contributed by atoms with van der Waals surface area (Å²) < 4.78 is 5.20. The maximum atomic E-state index is 11.7. The molecular weight excluding hydrogens is 268 g/mol. The highest BCUT2D eigenvalue weighted by atomic mass is 16.6. The maximum absolute atomic E-state index is 11.7. The van der Waals surface area contributed by atoms with E-state index in [4.69, 9.17) is 4.74 Å². The first-order valence-electron chi connectivity index (χ1n) is 7.63. The molecule has 2 aliphatic heterocycles. The molecule has 0 aromatic carbocycles. The third-order valence-corrected chi connectivity index (χ3v) is 4.14. The van der Waals surface area contributed by atoms with Gasteiger partial charge in [-0.1, -0.05) is 0 Å². The van der Waals surface area contributed by atoms with E-state index < -0.39 is 0 Å². The Hall–Kier alpha value is -1.69. The topological polar surface area (TPSA) is 67.3 Å². The highest BCUT2D eigenvalue weighted by Gasteiger charge is 2.34. The van der Waals surface area contributed by atoms with Gasteiger partial charge >= 0.3 is 5.97 Å². The molecule has 0 amide bonds. The second-order valence-corrected chi connectivity index (χ2v) is 6.02. The van der Waals surface area contributed by atoms with Crippen LogP contribution in [0.25, 0.3) is 0 Å². The van der Waals surface area contributed by atoms with E-state index in [0.717, 1.165) is 43.9 Å². The summed E-state index contributed by atoms with van der Waals surface area (Å²) in [7, 11) is 0. The van der Waals surface area contributed by atoms with Gasteiger partial charge in [0.25, 0.3) is 0 Å². The van der Waals surface area contributed by atoms with Crippen molar-refractivity contribution in [1.29, 1.82) is 0 Å². The molecule has 21 heavy (non-hydrogen) atoms. The number of carbonyl (C=O) groups is 1. The summed E-state index contributed by atoms with van der Waals surface area (Å²) in [6, 6.07) is 4.13. The predicted octanol–water partition coefficient (Wildman–Crippen LogP) is 1.05. The number of piperidine rings is 1. The van der Waals surface area contributed by atoms with Crippen LogP contribution >= 0.6 is 0 Å². The molecule has 3 rings (SSSR count). The average Bonchev–Trinajstić information content (AvgIpc) is 2.78. The number of nitrogens with one attached hydrogen (secondary N) is 1. The smallest absolute Gasteiger partial charge is 0.323 e. The molecule has 3 unspecified atom stereocenters. The Morgan fingerprint density at radius 3 is 2.90 bits per heavy atom. The van der Waals surface area contributed by atoms with Gasteiger partial charge in [-0.15, -0.1) is 5.10 Å². The fraction of sp³-hybridized carbons (Fsp3) is 0.667. The van der Waals surface area contributed by atoms with Gasteiger partial charge in [-0.3, -0.25) is 10.1 Å². The molecule has 2 aliphatic rings. The quantitative estimate of drug-likeness (QED) is 0.839. The molecule has 6 nitrogen and oxygen atoms in total. The maximum Gasteiger partial charge on any atom is 0.323 e. The zero-order chi connectivity index (χ0) is 14.8. The van der Waals surface area contributed by atoms with Crippen molar-refractivity contribution in [2.75, 3.05) is 18.0 Å². The van der Waals surface area contributed by atoms with Crippen molar-refractivity contribution in [3.8, 4) is 0 Å². The minimum Gasteiger partial charge on any atom is -0.461 e. The van der Waals surface area contributed by atoms with Crippen LogP contribution in [0.5, 0.6) is 0 Å². The molecule has 114 valence electrons. The van der Waals surface area contributed by atoms with Gasteiger partial charge in [0.05, 0.1) is 5.69 Å². The third kappa shape index (κ3) is 3.32. The summed E-state index contributed by atoms with van der Waals surface area (Å²) in [4.78, 5) is 14.0. The number of aryl methyl sites for hydroxylation is 1. The molecule has 2 saturated heterocycles. The van der Waals surface area contributed by atoms with E-state index in [1.54, 1.807) is 0 Å². The Morgan fingerprint density at radius 2 is 2.24 bits per heavy atom. The van der Waals surface area contributed by atoms with Gasteiger partial charge < -0.3 is 9.64 Å². The van der Waals surface area contributed by atoms with Crippen LogP contribution in [0.1, 0.15) is 31.9 Å². The lowest BCUT2D eigenvalue weighted by molar-refractivity contribution is -0.142. The standard InChI is InChI=1S/C15H22N4O2/c1-10-5-6-14(18-17-10)19-7-3-4-12(9-19)16-13-8-11(2)21-15(13)20/h5-6,11-13,16H,3-4,7-9H2,1-2H3.